The smallest absolute Gasteiger partial charge is 0.396 e. The number of rotatable bonds is 4. The standard InChI is InChI=1S/C9H10F3NOS/c10-9(11,12)7-2-3-8(13-6-7)15-5-1-4-14/h2-3,6,14H,1,4-5H2. The van der Waals surface area contributed by atoms with Gasteiger partial charge in [-0.05, 0) is 18.6 Å². The SMILES string of the molecule is OCCCSc1ccc(C(F)(F)F)cn1. The highest BCUT2D eigenvalue weighted by atomic mass is 32.2. The largest absolute Gasteiger partial charge is 0.417 e. The first-order valence-electron chi connectivity index (χ1n) is 4.31. The molecule has 0 amide bonds. The zero-order chi connectivity index (χ0) is 11.3. The molecule has 1 aromatic heterocycles. The molecule has 2 nitrogen and oxygen atoms in total. The number of aliphatic hydroxyl groups is 1. The topological polar surface area (TPSA) is 33.1 Å². The maximum absolute atomic E-state index is 12.1. The van der Waals surface area contributed by atoms with E-state index in [0.29, 0.717) is 17.2 Å². The summed E-state index contributed by atoms with van der Waals surface area (Å²) in [5.74, 6) is 0.648. The summed E-state index contributed by atoms with van der Waals surface area (Å²) in [6.07, 6.45) is -2.91. The molecule has 0 radical (unpaired) electrons. The molecule has 1 heterocycles. The fourth-order valence-corrected chi connectivity index (χ4v) is 1.65. The van der Waals surface area contributed by atoms with Gasteiger partial charge in [-0.2, -0.15) is 13.2 Å². The molecule has 1 aromatic rings. The summed E-state index contributed by atoms with van der Waals surface area (Å²) in [7, 11) is 0. The lowest BCUT2D eigenvalue weighted by Crippen LogP contribution is -2.05. The van der Waals surface area contributed by atoms with Crippen LogP contribution in [0, 0.1) is 0 Å². The van der Waals surface area contributed by atoms with Gasteiger partial charge in [0.05, 0.1) is 10.6 Å². The molecule has 0 spiro atoms. The second-order valence-electron chi connectivity index (χ2n) is 2.81. The van der Waals surface area contributed by atoms with Crippen molar-refractivity contribution in [2.75, 3.05) is 12.4 Å². The summed E-state index contributed by atoms with van der Waals surface area (Å²) in [4.78, 5) is 3.68. The number of hydrogen-bond acceptors (Lipinski definition) is 3. The number of hydrogen-bond donors (Lipinski definition) is 1. The van der Waals surface area contributed by atoms with Gasteiger partial charge in [0.2, 0.25) is 0 Å². The van der Waals surface area contributed by atoms with Gasteiger partial charge >= 0.3 is 6.18 Å². The van der Waals surface area contributed by atoms with Crippen LogP contribution in [0.25, 0.3) is 0 Å². The van der Waals surface area contributed by atoms with Crippen molar-refractivity contribution in [2.24, 2.45) is 0 Å². The van der Waals surface area contributed by atoms with Crippen molar-refractivity contribution in [1.82, 2.24) is 4.98 Å². The first-order chi connectivity index (χ1) is 7.04. The fraction of sp³-hybridized carbons (Fsp3) is 0.444. The molecule has 1 rings (SSSR count). The molecule has 0 aromatic carbocycles. The van der Waals surface area contributed by atoms with Crippen LogP contribution in [0.15, 0.2) is 23.4 Å². The highest BCUT2D eigenvalue weighted by molar-refractivity contribution is 7.99. The zero-order valence-corrected chi connectivity index (χ0v) is 8.61. The molecule has 0 bridgehead atoms. The van der Waals surface area contributed by atoms with E-state index in [2.05, 4.69) is 4.98 Å². The van der Waals surface area contributed by atoms with E-state index >= 15 is 0 Å². The molecular weight excluding hydrogens is 227 g/mol. The molecule has 0 atom stereocenters. The minimum absolute atomic E-state index is 0.0770. The van der Waals surface area contributed by atoms with Gasteiger partial charge in [-0.1, -0.05) is 0 Å². The number of alkyl halides is 3. The first kappa shape index (κ1) is 12.3. The number of pyridine rings is 1. The summed E-state index contributed by atoms with van der Waals surface area (Å²) < 4.78 is 36.4. The number of nitrogens with zero attached hydrogens (tertiary/aromatic N) is 1. The summed E-state index contributed by atoms with van der Waals surface area (Å²) in [6, 6.07) is 2.35. The molecular formula is C9H10F3NOS. The quantitative estimate of drug-likeness (QED) is 0.645. The highest BCUT2D eigenvalue weighted by Crippen LogP contribution is 2.29. The average molecular weight is 237 g/mol. The van der Waals surface area contributed by atoms with E-state index in [1.807, 2.05) is 0 Å². The number of aromatic nitrogens is 1. The van der Waals surface area contributed by atoms with Crippen LogP contribution in [0.3, 0.4) is 0 Å². The van der Waals surface area contributed by atoms with Crippen molar-refractivity contribution in [3.63, 3.8) is 0 Å². The van der Waals surface area contributed by atoms with Crippen LogP contribution in [-0.2, 0) is 6.18 Å². The van der Waals surface area contributed by atoms with Gasteiger partial charge in [0, 0.05) is 18.6 Å². The number of halogens is 3. The summed E-state index contributed by atoms with van der Waals surface area (Å²) in [5.41, 5.74) is -0.742. The van der Waals surface area contributed by atoms with Gasteiger partial charge in [0.15, 0.2) is 0 Å². The molecule has 0 unspecified atom stereocenters. The van der Waals surface area contributed by atoms with E-state index in [4.69, 9.17) is 5.11 Å². The minimum Gasteiger partial charge on any atom is -0.396 e. The van der Waals surface area contributed by atoms with Crippen LogP contribution in [-0.4, -0.2) is 22.5 Å². The molecule has 0 saturated heterocycles. The van der Waals surface area contributed by atoms with Crippen LogP contribution in [0.4, 0.5) is 13.2 Å². The van der Waals surface area contributed by atoms with Gasteiger partial charge in [-0.25, -0.2) is 4.98 Å². The van der Waals surface area contributed by atoms with Crippen LogP contribution >= 0.6 is 11.8 Å². The molecule has 0 aliphatic carbocycles. The Morgan fingerprint density at radius 1 is 1.33 bits per heavy atom. The third-order valence-corrected chi connectivity index (χ3v) is 2.65. The van der Waals surface area contributed by atoms with Crippen LogP contribution in [0.1, 0.15) is 12.0 Å². The lowest BCUT2D eigenvalue weighted by Gasteiger charge is -2.06. The molecule has 0 aliphatic rings. The average Bonchev–Trinajstić information content (AvgIpc) is 2.18. The van der Waals surface area contributed by atoms with Gasteiger partial charge in [0.1, 0.15) is 0 Å². The molecule has 6 heteroatoms. The van der Waals surface area contributed by atoms with Crippen LogP contribution in [0.2, 0.25) is 0 Å². The third kappa shape index (κ3) is 4.09. The predicted molar refractivity (Wildman–Crippen MR) is 51.7 cm³/mol. The van der Waals surface area contributed by atoms with Gasteiger partial charge < -0.3 is 5.11 Å². The monoisotopic (exact) mass is 237 g/mol. The molecule has 1 N–H and O–H groups in total. The normalized spacial score (nSPS) is 11.7. The first-order valence-corrected chi connectivity index (χ1v) is 5.29. The predicted octanol–water partition coefficient (Wildman–Crippen LogP) is 2.57. The van der Waals surface area contributed by atoms with Crippen molar-refractivity contribution in [1.29, 1.82) is 0 Å². The number of thioether (sulfide) groups is 1. The zero-order valence-electron chi connectivity index (χ0n) is 7.79. The molecule has 0 saturated carbocycles. The van der Waals surface area contributed by atoms with Gasteiger partial charge in [-0.15, -0.1) is 11.8 Å². The van der Waals surface area contributed by atoms with Gasteiger partial charge in [-0.3, -0.25) is 0 Å². The van der Waals surface area contributed by atoms with Crippen molar-refractivity contribution < 1.29 is 18.3 Å². The van der Waals surface area contributed by atoms with Crippen LogP contribution in [0.5, 0.6) is 0 Å². The molecule has 0 fully saturated rings. The van der Waals surface area contributed by atoms with E-state index in [1.54, 1.807) is 0 Å². The van der Waals surface area contributed by atoms with E-state index in [9.17, 15) is 13.2 Å². The lowest BCUT2D eigenvalue weighted by molar-refractivity contribution is -0.137. The van der Waals surface area contributed by atoms with Crippen molar-refractivity contribution in [3.05, 3.63) is 23.9 Å². The summed E-state index contributed by atoms with van der Waals surface area (Å²) >= 11 is 1.33. The van der Waals surface area contributed by atoms with Gasteiger partial charge in [0.25, 0.3) is 0 Å². The van der Waals surface area contributed by atoms with Crippen molar-refractivity contribution in [3.8, 4) is 0 Å². The lowest BCUT2D eigenvalue weighted by atomic mass is 10.3. The van der Waals surface area contributed by atoms with E-state index < -0.39 is 11.7 Å². The molecule has 0 aliphatic heterocycles. The maximum Gasteiger partial charge on any atom is 0.417 e. The van der Waals surface area contributed by atoms with Crippen LogP contribution < -0.4 is 0 Å². The molecule has 84 valence electrons. The Balaban J connectivity index is 2.57. The second-order valence-corrected chi connectivity index (χ2v) is 3.92. The van der Waals surface area contributed by atoms with Crippen molar-refractivity contribution in [2.45, 2.75) is 17.6 Å². The van der Waals surface area contributed by atoms with E-state index in [-0.39, 0.29) is 6.61 Å². The minimum atomic E-state index is -4.33. The highest BCUT2D eigenvalue weighted by Gasteiger charge is 2.30. The fourth-order valence-electron chi connectivity index (χ4n) is 0.875. The Morgan fingerprint density at radius 2 is 2.07 bits per heavy atom. The Bertz CT molecular complexity index is 299. The van der Waals surface area contributed by atoms with Crippen molar-refractivity contribution >= 4 is 11.8 Å². The maximum atomic E-state index is 12.1. The second kappa shape index (κ2) is 5.37. The number of aliphatic hydroxyl groups excluding tert-OH is 1. The Labute approximate surface area is 89.5 Å². The Kier molecular flexibility index (Phi) is 4.41. The van der Waals surface area contributed by atoms with E-state index in [1.165, 1.54) is 17.8 Å². The van der Waals surface area contributed by atoms with E-state index in [0.717, 1.165) is 12.3 Å². The summed E-state index contributed by atoms with van der Waals surface area (Å²) in [6.45, 7) is 0.0770. The third-order valence-electron chi connectivity index (χ3n) is 1.62. The Morgan fingerprint density at radius 3 is 2.53 bits per heavy atom. The summed E-state index contributed by atoms with van der Waals surface area (Å²) in [5, 5.41) is 9.05. The molecule has 15 heavy (non-hydrogen) atoms. The Hall–Kier alpha value is -0.750.